The summed E-state index contributed by atoms with van der Waals surface area (Å²) >= 11 is 0. The molecule has 100 valence electrons. The second-order valence-corrected chi connectivity index (χ2v) is 6.16. The van der Waals surface area contributed by atoms with Crippen molar-refractivity contribution in [3.05, 3.63) is 35.9 Å². The molecule has 2 heterocycles. The topological polar surface area (TPSA) is 36.4 Å². The molecule has 19 heavy (non-hydrogen) atoms. The first kappa shape index (κ1) is 12.4. The fraction of sp³-hybridized carbons (Fsp3) is 0.438. The van der Waals surface area contributed by atoms with Gasteiger partial charge < -0.3 is 10.0 Å². The highest BCUT2D eigenvalue weighted by molar-refractivity contribution is 5.81. The van der Waals surface area contributed by atoms with E-state index in [1.807, 2.05) is 24.3 Å². The van der Waals surface area contributed by atoms with Crippen molar-refractivity contribution in [3.8, 4) is 0 Å². The van der Waals surface area contributed by atoms with Gasteiger partial charge in [-0.3, -0.25) is 0 Å². The zero-order chi connectivity index (χ0) is 13.5. The van der Waals surface area contributed by atoms with Crippen LogP contribution in [0.4, 0.5) is 5.82 Å². The summed E-state index contributed by atoms with van der Waals surface area (Å²) in [6, 6.07) is 10.1. The first-order valence-corrected chi connectivity index (χ1v) is 6.83. The van der Waals surface area contributed by atoms with Crippen LogP contribution in [0.3, 0.4) is 0 Å². The molecule has 0 spiro atoms. The quantitative estimate of drug-likeness (QED) is 0.897. The maximum atomic E-state index is 9.60. The number of fused-ring (bicyclic) bond motifs is 1. The SMILES string of the molecule is CC1(C)CCN(c2nc3ccccc3cc2CO)C1. The van der Waals surface area contributed by atoms with E-state index in [4.69, 9.17) is 4.98 Å². The minimum atomic E-state index is 0.0457. The Morgan fingerprint density at radius 2 is 2.11 bits per heavy atom. The van der Waals surface area contributed by atoms with Crippen LogP contribution >= 0.6 is 0 Å². The molecule has 3 nitrogen and oxygen atoms in total. The molecular weight excluding hydrogens is 236 g/mol. The Balaban J connectivity index is 2.07. The van der Waals surface area contributed by atoms with Crippen molar-refractivity contribution in [3.63, 3.8) is 0 Å². The zero-order valence-electron chi connectivity index (χ0n) is 11.6. The van der Waals surface area contributed by atoms with Crippen molar-refractivity contribution in [2.45, 2.75) is 26.9 Å². The summed E-state index contributed by atoms with van der Waals surface area (Å²) in [5.74, 6) is 0.951. The van der Waals surface area contributed by atoms with E-state index < -0.39 is 0 Å². The average molecular weight is 256 g/mol. The van der Waals surface area contributed by atoms with E-state index >= 15 is 0 Å². The molecule has 1 fully saturated rings. The Hall–Kier alpha value is -1.61. The Labute approximate surface area is 113 Å². The van der Waals surface area contributed by atoms with Gasteiger partial charge in [-0.25, -0.2) is 4.98 Å². The van der Waals surface area contributed by atoms with E-state index in [1.54, 1.807) is 0 Å². The standard InChI is InChI=1S/C16H20N2O/c1-16(2)7-8-18(11-16)15-13(10-19)9-12-5-3-4-6-14(12)17-15/h3-6,9,19H,7-8,10-11H2,1-2H3. The number of aromatic nitrogens is 1. The highest BCUT2D eigenvalue weighted by Crippen LogP contribution is 2.34. The molecule has 0 atom stereocenters. The molecule has 3 heteroatoms. The maximum absolute atomic E-state index is 9.60. The molecule has 0 saturated carbocycles. The van der Waals surface area contributed by atoms with E-state index in [0.717, 1.165) is 35.4 Å². The van der Waals surface area contributed by atoms with Gasteiger partial charge in [0, 0.05) is 24.0 Å². The van der Waals surface area contributed by atoms with Crippen LogP contribution in [0.2, 0.25) is 0 Å². The summed E-state index contributed by atoms with van der Waals surface area (Å²) in [7, 11) is 0. The fourth-order valence-electron chi connectivity index (χ4n) is 2.83. The number of nitrogens with zero attached hydrogens (tertiary/aromatic N) is 2. The maximum Gasteiger partial charge on any atom is 0.134 e. The van der Waals surface area contributed by atoms with E-state index in [9.17, 15) is 5.11 Å². The molecule has 0 unspecified atom stereocenters. The minimum absolute atomic E-state index is 0.0457. The van der Waals surface area contributed by atoms with Crippen LogP contribution in [0, 0.1) is 5.41 Å². The van der Waals surface area contributed by atoms with Crippen LogP contribution < -0.4 is 4.90 Å². The molecule has 1 aromatic carbocycles. The molecule has 1 aromatic heterocycles. The molecule has 1 saturated heterocycles. The third-order valence-electron chi connectivity index (χ3n) is 3.93. The number of anilines is 1. The van der Waals surface area contributed by atoms with Crippen molar-refractivity contribution in [1.82, 2.24) is 4.98 Å². The van der Waals surface area contributed by atoms with Gasteiger partial charge in [0.05, 0.1) is 12.1 Å². The monoisotopic (exact) mass is 256 g/mol. The van der Waals surface area contributed by atoms with E-state index in [1.165, 1.54) is 6.42 Å². The lowest BCUT2D eigenvalue weighted by Crippen LogP contribution is -2.24. The summed E-state index contributed by atoms with van der Waals surface area (Å²) in [5.41, 5.74) is 2.26. The van der Waals surface area contributed by atoms with E-state index in [2.05, 4.69) is 24.8 Å². The van der Waals surface area contributed by atoms with Gasteiger partial charge >= 0.3 is 0 Å². The average Bonchev–Trinajstić information content (AvgIpc) is 2.77. The molecule has 1 aliphatic heterocycles. The summed E-state index contributed by atoms with van der Waals surface area (Å²) in [5, 5.41) is 10.7. The predicted molar refractivity (Wildman–Crippen MR) is 78.3 cm³/mol. The minimum Gasteiger partial charge on any atom is -0.392 e. The highest BCUT2D eigenvalue weighted by Gasteiger charge is 2.31. The number of hydrogen-bond donors (Lipinski definition) is 1. The van der Waals surface area contributed by atoms with Gasteiger partial charge in [-0.2, -0.15) is 0 Å². The van der Waals surface area contributed by atoms with Crippen LogP contribution in [0.5, 0.6) is 0 Å². The van der Waals surface area contributed by atoms with Crippen molar-refractivity contribution in [2.75, 3.05) is 18.0 Å². The summed E-state index contributed by atoms with van der Waals surface area (Å²) in [6.45, 7) is 6.64. The van der Waals surface area contributed by atoms with E-state index in [0.29, 0.717) is 5.41 Å². The molecule has 0 amide bonds. The largest absolute Gasteiger partial charge is 0.392 e. The van der Waals surface area contributed by atoms with Gasteiger partial charge in [-0.1, -0.05) is 32.0 Å². The summed E-state index contributed by atoms with van der Waals surface area (Å²) in [4.78, 5) is 7.06. The van der Waals surface area contributed by atoms with Gasteiger partial charge in [0.2, 0.25) is 0 Å². The number of benzene rings is 1. The number of aliphatic hydroxyl groups excluding tert-OH is 1. The van der Waals surface area contributed by atoms with Gasteiger partial charge in [0.1, 0.15) is 5.82 Å². The Morgan fingerprint density at radius 3 is 2.79 bits per heavy atom. The lowest BCUT2D eigenvalue weighted by molar-refractivity contribution is 0.282. The zero-order valence-corrected chi connectivity index (χ0v) is 11.6. The van der Waals surface area contributed by atoms with Crippen molar-refractivity contribution >= 4 is 16.7 Å². The number of para-hydroxylation sites is 1. The highest BCUT2D eigenvalue weighted by atomic mass is 16.3. The van der Waals surface area contributed by atoms with Crippen LogP contribution in [0.1, 0.15) is 25.8 Å². The lowest BCUT2D eigenvalue weighted by atomic mass is 9.93. The Morgan fingerprint density at radius 1 is 1.32 bits per heavy atom. The second-order valence-electron chi connectivity index (χ2n) is 6.16. The van der Waals surface area contributed by atoms with Crippen LogP contribution in [-0.2, 0) is 6.61 Å². The van der Waals surface area contributed by atoms with Crippen LogP contribution in [0.15, 0.2) is 30.3 Å². The molecule has 1 N–H and O–H groups in total. The smallest absolute Gasteiger partial charge is 0.134 e. The second kappa shape index (κ2) is 4.49. The lowest BCUT2D eigenvalue weighted by Gasteiger charge is -2.23. The molecule has 0 bridgehead atoms. The van der Waals surface area contributed by atoms with Gasteiger partial charge in [0.15, 0.2) is 0 Å². The molecule has 3 rings (SSSR count). The van der Waals surface area contributed by atoms with Crippen molar-refractivity contribution in [2.24, 2.45) is 5.41 Å². The third kappa shape index (κ3) is 2.30. The first-order valence-electron chi connectivity index (χ1n) is 6.83. The van der Waals surface area contributed by atoms with Crippen LogP contribution in [-0.4, -0.2) is 23.2 Å². The normalized spacial score (nSPS) is 18.2. The van der Waals surface area contributed by atoms with Gasteiger partial charge in [-0.05, 0) is 24.0 Å². The first-order chi connectivity index (χ1) is 9.09. The molecule has 1 aliphatic rings. The number of hydrogen-bond acceptors (Lipinski definition) is 3. The van der Waals surface area contributed by atoms with E-state index in [-0.39, 0.29) is 6.61 Å². The van der Waals surface area contributed by atoms with Crippen molar-refractivity contribution in [1.29, 1.82) is 0 Å². The van der Waals surface area contributed by atoms with Crippen molar-refractivity contribution < 1.29 is 5.11 Å². The van der Waals surface area contributed by atoms with Gasteiger partial charge in [-0.15, -0.1) is 0 Å². The predicted octanol–water partition coefficient (Wildman–Crippen LogP) is 2.96. The Kier molecular flexibility index (Phi) is 2.94. The molecule has 0 aliphatic carbocycles. The van der Waals surface area contributed by atoms with Crippen LogP contribution in [0.25, 0.3) is 10.9 Å². The summed E-state index contributed by atoms with van der Waals surface area (Å²) in [6.07, 6.45) is 1.17. The fourth-order valence-corrected chi connectivity index (χ4v) is 2.83. The number of aliphatic hydroxyl groups is 1. The Bertz CT molecular complexity index is 607. The summed E-state index contributed by atoms with van der Waals surface area (Å²) < 4.78 is 0. The molecule has 2 aromatic rings. The number of pyridine rings is 1. The number of rotatable bonds is 2. The molecule has 0 radical (unpaired) electrons. The van der Waals surface area contributed by atoms with Gasteiger partial charge in [0.25, 0.3) is 0 Å². The molecular formula is C16H20N2O. The third-order valence-corrected chi connectivity index (χ3v) is 3.93.